The fourth-order valence-corrected chi connectivity index (χ4v) is 3.16. The fourth-order valence-electron chi connectivity index (χ4n) is 3.16. The number of benzene rings is 3. The zero-order valence-electron chi connectivity index (χ0n) is 16.4. The number of carbonyl (C=O) groups excluding carboxylic acids is 1. The summed E-state index contributed by atoms with van der Waals surface area (Å²) in [5, 5.41) is 0. The molecule has 0 saturated carbocycles. The Morgan fingerprint density at radius 1 is 0.900 bits per heavy atom. The lowest BCUT2D eigenvalue weighted by atomic mass is 10.0. The molecule has 0 aliphatic heterocycles. The van der Waals surface area contributed by atoms with Crippen molar-refractivity contribution in [3.05, 3.63) is 89.5 Å². The molecule has 0 saturated heterocycles. The van der Waals surface area contributed by atoms with Gasteiger partial charge in [0.1, 0.15) is 11.9 Å². The second kappa shape index (κ2) is 9.03. The quantitative estimate of drug-likeness (QED) is 0.488. The molecule has 0 bridgehead atoms. The molecule has 1 atom stereocenters. The number of nitrogens with two attached hydrogens (primary N) is 1. The zero-order chi connectivity index (χ0) is 21.7. The first-order valence-electron chi connectivity index (χ1n) is 9.62. The first-order valence-corrected chi connectivity index (χ1v) is 9.62. The van der Waals surface area contributed by atoms with Crippen molar-refractivity contribution >= 4 is 5.91 Å². The fraction of sp³-hybridized carbons (Fsp3) is 0.208. The SMILES string of the molecule is CCCC(Oc1ccc(-c2ccc(C(F)(F)F)cc2)cc1)c1ccc(C(N)=O)cc1. The molecule has 1 unspecified atom stereocenters. The summed E-state index contributed by atoms with van der Waals surface area (Å²) in [5.74, 6) is 0.177. The number of carbonyl (C=O) groups is 1. The predicted octanol–water partition coefficient (Wildman–Crippen LogP) is 6.39. The van der Waals surface area contributed by atoms with Crippen LogP contribution in [0.2, 0.25) is 0 Å². The normalized spacial score (nSPS) is 12.4. The van der Waals surface area contributed by atoms with Crippen molar-refractivity contribution in [2.24, 2.45) is 5.73 Å². The summed E-state index contributed by atoms with van der Waals surface area (Å²) in [6.45, 7) is 2.06. The highest BCUT2D eigenvalue weighted by atomic mass is 19.4. The molecule has 0 spiro atoms. The summed E-state index contributed by atoms with van der Waals surface area (Å²) in [5.41, 5.74) is 7.49. The van der Waals surface area contributed by atoms with Crippen LogP contribution < -0.4 is 10.5 Å². The predicted molar refractivity (Wildman–Crippen MR) is 110 cm³/mol. The number of halogens is 3. The third-order valence-electron chi connectivity index (χ3n) is 4.80. The third kappa shape index (κ3) is 5.20. The van der Waals surface area contributed by atoms with Crippen LogP contribution in [0.5, 0.6) is 5.75 Å². The van der Waals surface area contributed by atoms with Gasteiger partial charge in [0.05, 0.1) is 5.56 Å². The van der Waals surface area contributed by atoms with E-state index in [1.807, 2.05) is 24.3 Å². The first-order chi connectivity index (χ1) is 14.3. The van der Waals surface area contributed by atoms with Gasteiger partial charge in [-0.15, -0.1) is 0 Å². The van der Waals surface area contributed by atoms with E-state index in [0.29, 0.717) is 16.9 Å². The van der Waals surface area contributed by atoms with Gasteiger partial charge in [0.15, 0.2) is 0 Å². The van der Waals surface area contributed by atoms with Gasteiger partial charge >= 0.3 is 6.18 Å². The molecule has 30 heavy (non-hydrogen) atoms. The molecule has 156 valence electrons. The summed E-state index contributed by atoms with van der Waals surface area (Å²) in [4.78, 5) is 11.3. The van der Waals surface area contributed by atoms with Gasteiger partial charge in [-0.1, -0.05) is 49.7 Å². The van der Waals surface area contributed by atoms with Gasteiger partial charge in [0, 0.05) is 5.56 Å². The standard InChI is InChI=1S/C24H22F3NO2/c1-2-3-22(18-4-6-19(7-5-18)23(28)29)30-21-14-10-17(11-15-21)16-8-12-20(13-9-16)24(25,26)27/h4-15,22H,2-3H2,1H3,(H2,28,29). The lowest BCUT2D eigenvalue weighted by Gasteiger charge is -2.19. The highest BCUT2D eigenvalue weighted by Crippen LogP contribution is 2.32. The smallest absolute Gasteiger partial charge is 0.416 e. The Balaban J connectivity index is 1.74. The van der Waals surface area contributed by atoms with Crippen LogP contribution in [0.25, 0.3) is 11.1 Å². The molecule has 0 radical (unpaired) electrons. The van der Waals surface area contributed by atoms with Crippen molar-refractivity contribution in [1.29, 1.82) is 0 Å². The second-order valence-corrected chi connectivity index (χ2v) is 6.98. The summed E-state index contributed by atoms with van der Waals surface area (Å²) in [7, 11) is 0. The number of rotatable bonds is 7. The van der Waals surface area contributed by atoms with E-state index in [1.165, 1.54) is 12.1 Å². The van der Waals surface area contributed by atoms with Crippen molar-refractivity contribution in [3.63, 3.8) is 0 Å². The number of amides is 1. The van der Waals surface area contributed by atoms with Gasteiger partial charge in [0.2, 0.25) is 5.91 Å². The van der Waals surface area contributed by atoms with Crippen molar-refractivity contribution in [3.8, 4) is 16.9 Å². The Morgan fingerprint density at radius 3 is 1.90 bits per heavy atom. The van der Waals surface area contributed by atoms with E-state index in [-0.39, 0.29) is 6.10 Å². The minimum atomic E-state index is -4.35. The topological polar surface area (TPSA) is 52.3 Å². The second-order valence-electron chi connectivity index (χ2n) is 6.98. The van der Waals surface area contributed by atoms with Crippen LogP contribution in [0.4, 0.5) is 13.2 Å². The van der Waals surface area contributed by atoms with Gasteiger partial charge in [-0.25, -0.2) is 0 Å². The Morgan fingerprint density at radius 2 is 1.43 bits per heavy atom. The summed E-state index contributed by atoms with van der Waals surface area (Å²) < 4.78 is 44.3. The summed E-state index contributed by atoms with van der Waals surface area (Å²) in [6.07, 6.45) is -2.84. The van der Waals surface area contributed by atoms with Crippen molar-refractivity contribution in [2.75, 3.05) is 0 Å². The molecule has 0 aliphatic carbocycles. The average Bonchev–Trinajstić information content (AvgIpc) is 2.73. The Kier molecular flexibility index (Phi) is 6.45. The lowest BCUT2D eigenvalue weighted by Crippen LogP contribution is -2.12. The molecule has 6 heteroatoms. The van der Waals surface area contributed by atoms with E-state index in [0.717, 1.165) is 36.1 Å². The maximum Gasteiger partial charge on any atom is 0.416 e. The number of alkyl halides is 3. The Labute approximate surface area is 173 Å². The first kappa shape index (κ1) is 21.4. The van der Waals surface area contributed by atoms with E-state index >= 15 is 0 Å². The van der Waals surface area contributed by atoms with Crippen molar-refractivity contribution < 1.29 is 22.7 Å². The number of ether oxygens (including phenoxy) is 1. The van der Waals surface area contributed by atoms with Crippen LogP contribution in [0.1, 0.15) is 47.4 Å². The van der Waals surface area contributed by atoms with Crippen LogP contribution in [0.15, 0.2) is 72.8 Å². The number of primary amides is 1. The minimum Gasteiger partial charge on any atom is -0.486 e. The number of hydrogen-bond acceptors (Lipinski definition) is 2. The van der Waals surface area contributed by atoms with Crippen LogP contribution >= 0.6 is 0 Å². The Bertz CT molecular complexity index is 979. The molecule has 1 amide bonds. The molecule has 3 aromatic rings. The van der Waals surface area contributed by atoms with E-state index < -0.39 is 17.6 Å². The highest BCUT2D eigenvalue weighted by Gasteiger charge is 2.29. The van der Waals surface area contributed by atoms with Gasteiger partial charge in [0.25, 0.3) is 0 Å². The Hall–Kier alpha value is -3.28. The maximum atomic E-state index is 12.7. The molecular formula is C24H22F3NO2. The molecule has 0 aromatic heterocycles. The third-order valence-corrected chi connectivity index (χ3v) is 4.80. The van der Waals surface area contributed by atoms with Gasteiger partial charge in [-0.3, -0.25) is 4.79 Å². The summed E-state index contributed by atoms with van der Waals surface area (Å²) in [6, 6.07) is 19.3. The maximum absolute atomic E-state index is 12.7. The number of hydrogen-bond donors (Lipinski definition) is 1. The van der Waals surface area contributed by atoms with E-state index in [1.54, 1.807) is 24.3 Å². The highest BCUT2D eigenvalue weighted by molar-refractivity contribution is 5.92. The molecular weight excluding hydrogens is 391 g/mol. The van der Waals surface area contributed by atoms with Gasteiger partial charge in [-0.05, 0) is 59.5 Å². The van der Waals surface area contributed by atoms with E-state index in [9.17, 15) is 18.0 Å². The molecule has 0 heterocycles. The van der Waals surface area contributed by atoms with Crippen LogP contribution in [0.3, 0.4) is 0 Å². The monoisotopic (exact) mass is 413 g/mol. The molecule has 3 rings (SSSR count). The van der Waals surface area contributed by atoms with Crippen molar-refractivity contribution in [1.82, 2.24) is 0 Å². The minimum absolute atomic E-state index is 0.186. The average molecular weight is 413 g/mol. The van der Waals surface area contributed by atoms with Crippen molar-refractivity contribution in [2.45, 2.75) is 32.0 Å². The molecule has 3 nitrogen and oxygen atoms in total. The van der Waals surface area contributed by atoms with Crippen LogP contribution in [0, 0.1) is 0 Å². The van der Waals surface area contributed by atoms with Gasteiger partial charge < -0.3 is 10.5 Å². The molecule has 2 N–H and O–H groups in total. The molecule has 3 aromatic carbocycles. The van der Waals surface area contributed by atoms with E-state index in [2.05, 4.69) is 6.92 Å². The molecule has 0 aliphatic rings. The van der Waals surface area contributed by atoms with E-state index in [4.69, 9.17) is 10.5 Å². The zero-order valence-corrected chi connectivity index (χ0v) is 16.4. The lowest BCUT2D eigenvalue weighted by molar-refractivity contribution is -0.137. The van der Waals surface area contributed by atoms with Crippen LogP contribution in [-0.2, 0) is 6.18 Å². The van der Waals surface area contributed by atoms with Crippen LogP contribution in [-0.4, -0.2) is 5.91 Å². The summed E-state index contributed by atoms with van der Waals surface area (Å²) >= 11 is 0. The van der Waals surface area contributed by atoms with Gasteiger partial charge in [-0.2, -0.15) is 13.2 Å². The molecule has 0 fully saturated rings. The largest absolute Gasteiger partial charge is 0.486 e.